The Bertz CT molecular complexity index is 1230. The number of fused-ring (bicyclic) bond motifs is 1. The minimum absolute atomic E-state index is 0.0176. The summed E-state index contributed by atoms with van der Waals surface area (Å²) in [6.45, 7) is 2.69. The van der Waals surface area contributed by atoms with E-state index in [4.69, 9.17) is 9.47 Å². The number of nitrogens with zero attached hydrogens (tertiary/aromatic N) is 3. The van der Waals surface area contributed by atoms with Crippen LogP contribution in [0, 0.1) is 0 Å². The van der Waals surface area contributed by atoms with Crippen LogP contribution in [0.3, 0.4) is 0 Å². The van der Waals surface area contributed by atoms with Gasteiger partial charge in [0.05, 0.1) is 23.0 Å². The number of benzene rings is 2. The Labute approximate surface area is 188 Å². The molecule has 0 saturated heterocycles. The lowest BCUT2D eigenvalue weighted by Crippen LogP contribution is -2.22. The molecule has 0 aliphatic heterocycles. The molecule has 1 aromatic heterocycles. The van der Waals surface area contributed by atoms with Gasteiger partial charge in [-0.1, -0.05) is 19.1 Å². The Morgan fingerprint density at radius 3 is 2.50 bits per heavy atom. The zero-order valence-electron chi connectivity index (χ0n) is 18.6. The molecule has 32 heavy (non-hydrogen) atoms. The topological polar surface area (TPSA) is 90.7 Å². The number of hydrogen-bond donors (Lipinski definition) is 0. The summed E-state index contributed by atoms with van der Waals surface area (Å²) in [6, 6.07) is 12.1. The molecule has 0 fully saturated rings. The zero-order valence-corrected chi connectivity index (χ0v) is 19.4. The molecule has 0 atom stereocenters. The highest BCUT2D eigenvalue weighted by Gasteiger charge is 2.20. The molecule has 0 radical (unpaired) electrons. The number of carbonyl (C=O) groups excluding carboxylic acids is 1. The number of carbonyl (C=O) groups is 1. The lowest BCUT2D eigenvalue weighted by Gasteiger charge is -2.11. The fourth-order valence-corrected chi connectivity index (χ4v) is 4.10. The van der Waals surface area contributed by atoms with Gasteiger partial charge >= 0.3 is 5.97 Å². The Balaban J connectivity index is 1.78. The minimum atomic E-state index is -3.57. The second-order valence-corrected chi connectivity index (χ2v) is 9.48. The lowest BCUT2D eigenvalue weighted by atomic mass is 10.2. The summed E-state index contributed by atoms with van der Waals surface area (Å²) >= 11 is 0. The van der Waals surface area contributed by atoms with Gasteiger partial charge in [0.25, 0.3) is 0 Å². The molecule has 0 aliphatic carbocycles. The summed E-state index contributed by atoms with van der Waals surface area (Å²) in [5.41, 5.74) is 2.18. The standard InChI is InChI=1S/C23H27N3O5S/c1-5-14-26-21-12-11-19(32(28,29)25(2)3)15-20(21)24-22(26)16-31-23(27)13-8-17-6-9-18(30-4)10-7-17/h6-13,15H,5,14,16H2,1-4H3/b13-8+. The van der Waals surface area contributed by atoms with Crippen molar-refractivity contribution in [3.63, 3.8) is 0 Å². The number of imidazole rings is 1. The van der Waals surface area contributed by atoms with Gasteiger partial charge in [-0.15, -0.1) is 0 Å². The average molecular weight is 458 g/mol. The van der Waals surface area contributed by atoms with Gasteiger partial charge < -0.3 is 14.0 Å². The van der Waals surface area contributed by atoms with Crippen molar-refractivity contribution in [3.8, 4) is 5.75 Å². The fourth-order valence-electron chi connectivity index (χ4n) is 3.18. The van der Waals surface area contributed by atoms with E-state index in [1.807, 2.05) is 35.8 Å². The molecule has 9 heteroatoms. The van der Waals surface area contributed by atoms with Gasteiger partial charge in [-0.3, -0.25) is 0 Å². The lowest BCUT2D eigenvalue weighted by molar-refractivity contribution is -0.139. The Kier molecular flexibility index (Phi) is 7.32. The number of methoxy groups -OCH3 is 1. The highest BCUT2D eigenvalue weighted by molar-refractivity contribution is 7.89. The molecule has 0 N–H and O–H groups in total. The molecule has 0 spiro atoms. The van der Waals surface area contributed by atoms with Crippen LogP contribution in [0.25, 0.3) is 17.1 Å². The zero-order chi connectivity index (χ0) is 23.3. The monoisotopic (exact) mass is 457 g/mol. The van der Waals surface area contributed by atoms with Crippen LogP contribution in [0.15, 0.2) is 53.4 Å². The molecular formula is C23H27N3O5S. The van der Waals surface area contributed by atoms with Crippen molar-refractivity contribution in [1.82, 2.24) is 13.9 Å². The molecule has 3 aromatic rings. The molecule has 1 heterocycles. The van der Waals surface area contributed by atoms with Gasteiger partial charge in [-0.05, 0) is 48.4 Å². The van der Waals surface area contributed by atoms with E-state index in [0.29, 0.717) is 17.9 Å². The first-order valence-electron chi connectivity index (χ1n) is 10.2. The van der Waals surface area contributed by atoms with E-state index >= 15 is 0 Å². The van der Waals surface area contributed by atoms with Crippen molar-refractivity contribution in [1.29, 1.82) is 0 Å². The van der Waals surface area contributed by atoms with Gasteiger partial charge in [0.15, 0.2) is 0 Å². The summed E-state index contributed by atoms with van der Waals surface area (Å²) in [7, 11) is 0.998. The van der Waals surface area contributed by atoms with Gasteiger partial charge in [0.2, 0.25) is 10.0 Å². The normalized spacial score (nSPS) is 12.0. The molecule has 0 aliphatic rings. The van der Waals surface area contributed by atoms with Crippen LogP contribution < -0.4 is 4.74 Å². The third-order valence-corrected chi connectivity index (χ3v) is 6.71. The predicted molar refractivity (Wildman–Crippen MR) is 123 cm³/mol. The first kappa shape index (κ1) is 23.5. The van der Waals surface area contributed by atoms with E-state index in [2.05, 4.69) is 4.98 Å². The first-order chi connectivity index (χ1) is 15.3. The van der Waals surface area contributed by atoms with E-state index in [1.54, 1.807) is 31.4 Å². The van der Waals surface area contributed by atoms with Crippen molar-refractivity contribution in [2.45, 2.75) is 31.4 Å². The maximum absolute atomic E-state index is 12.4. The van der Waals surface area contributed by atoms with Crippen LogP contribution in [-0.4, -0.2) is 49.4 Å². The number of sulfonamides is 1. The molecular weight excluding hydrogens is 430 g/mol. The van der Waals surface area contributed by atoms with E-state index in [9.17, 15) is 13.2 Å². The molecule has 0 amide bonds. The first-order valence-corrected chi connectivity index (χ1v) is 11.6. The van der Waals surface area contributed by atoms with Crippen molar-refractivity contribution in [2.75, 3.05) is 21.2 Å². The van der Waals surface area contributed by atoms with Crippen LogP contribution in [0.4, 0.5) is 0 Å². The number of rotatable bonds is 9. The smallest absolute Gasteiger partial charge is 0.331 e. The van der Waals surface area contributed by atoms with Gasteiger partial charge in [-0.25, -0.2) is 22.5 Å². The quantitative estimate of drug-likeness (QED) is 0.361. The predicted octanol–water partition coefficient (Wildman–Crippen LogP) is 3.46. The van der Waals surface area contributed by atoms with Gasteiger partial charge in [0, 0.05) is 26.7 Å². The third kappa shape index (κ3) is 5.17. The Hall–Kier alpha value is -3.17. The highest BCUT2D eigenvalue weighted by Crippen LogP contribution is 2.23. The molecule has 3 rings (SSSR count). The van der Waals surface area contributed by atoms with Crippen molar-refractivity contribution < 1.29 is 22.7 Å². The summed E-state index contributed by atoms with van der Waals surface area (Å²) in [5, 5.41) is 0. The van der Waals surface area contributed by atoms with Crippen LogP contribution in [0.1, 0.15) is 24.7 Å². The number of aromatic nitrogens is 2. The van der Waals surface area contributed by atoms with Crippen molar-refractivity contribution >= 4 is 33.1 Å². The summed E-state index contributed by atoms with van der Waals surface area (Å²) in [4.78, 5) is 16.9. The van der Waals surface area contributed by atoms with E-state index in [0.717, 1.165) is 27.6 Å². The minimum Gasteiger partial charge on any atom is -0.497 e. The Morgan fingerprint density at radius 2 is 1.88 bits per heavy atom. The summed E-state index contributed by atoms with van der Waals surface area (Å²) in [5.74, 6) is 0.806. The number of hydrogen-bond acceptors (Lipinski definition) is 6. The van der Waals surface area contributed by atoms with Gasteiger partial charge in [-0.2, -0.15) is 0 Å². The third-order valence-electron chi connectivity index (χ3n) is 4.90. The van der Waals surface area contributed by atoms with Crippen molar-refractivity contribution in [2.24, 2.45) is 0 Å². The molecule has 0 saturated carbocycles. The highest BCUT2D eigenvalue weighted by atomic mass is 32.2. The van der Waals surface area contributed by atoms with Gasteiger partial charge in [0.1, 0.15) is 18.2 Å². The molecule has 2 aromatic carbocycles. The van der Waals surface area contributed by atoms with E-state index < -0.39 is 16.0 Å². The maximum Gasteiger partial charge on any atom is 0.331 e. The Morgan fingerprint density at radius 1 is 1.16 bits per heavy atom. The second kappa shape index (κ2) is 9.97. The maximum atomic E-state index is 12.4. The van der Waals surface area contributed by atoms with Crippen molar-refractivity contribution in [3.05, 3.63) is 59.9 Å². The molecule has 170 valence electrons. The van der Waals surface area contributed by atoms with Crippen LogP contribution in [0.5, 0.6) is 5.75 Å². The van der Waals surface area contributed by atoms with Crippen LogP contribution in [0.2, 0.25) is 0 Å². The average Bonchev–Trinajstić information content (AvgIpc) is 3.13. The van der Waals surface area contributed by atoms with Crippen LogP contribution >= 0.6 is 0 Å². The second-order valence-electron chi connectivity index (χ2n) is 7.33. The SMILES string of the molecule is CCCn1c(COC(=O)/C=C/c2ccc(OC)cc2)nc2cc(S(=O)(=O)N(C)C)ccc21. The fraction of sp³-hybridized carbons (Fsp3) is 0.304. The number of esters is 1. The molecule has 0 bridgehead atoms. The molecule has 0 unspecified atom stereocenters. The molecule has 8 nitrogen and oxygen atoms in total. The number of ether oxygens (including phenoxy) is 2. The summed E-state index contributed by atoms with van der Waals surface area (Å²) < 4.78 is 38.5. The van der Waals surface area contributed by atoms with E-state index in [1.165, 1.54) is 20.2 Å². The van der Waals surface area contributed by atoms with E-state index in [-0.39, 0.29) is 11.5 Å². The van der Waals surface area contributed by atoms with Crippen LogP contribution in [-0.2, 0) is 32.7 Å². The summed E-state index contributed by atoms with van der Waals surface area (Å²) in [6.07, 6.45) is 3.87. The largest absolute Gasteiger partial charge is 0.497 e. The number of aryl methyl sites for hydroxylation is 1.